The Morgan fingerprint density at radius 1 is 1.47 bits per heavy atom. The van der Waals surface area contributed by atoms with Crippen LogP contribution in [-0.4, -0.2) is 0 Å². The van der Waals surface area contributed by atoms with E-state index in [2.05, 4.69) is 6.92 Å². The van der Waals surface area contributed by atoms with Crippen molar-refractivity contribution in [2.75, 3.05) is 0 Å². The highest BCUT2D eigenvalue weighted by atomic mass is 35.5. The van der Waals surface area contributed by atoms with Gasteiger partial charge in [0.15, 0.2) is 0 Å². The van der Waals surface area contributed by atoms with E-state index in [9.17, 15) is 4.39 Å². The zero-order valence-corrected chi connectivity index (χ0v) is 10.9. The molecule has 0 aromatic heterocycles. The maximum Gasteiger partial charge on any atom is 0.123 e. The lowest BCUT2D eigenvalue weighted by molar-refractivity contribution is 0.184. The molecule has 0 amide bonds. The van der Waals surface area contributed by atoms with E-state index in [0.717, 1.165) is 31.2 Å². The normalized spacial score (nSPS) is 29.3. The van der Waals surface area contributed by atoms with Crippen LogP contribution in [0.25, 0.3) is 0 Å². The maximum absolute atomic E-state index is 13.4. The maximum atomic E-state index is 13.4. The standard InChI is InChI=1S/C14H19ClFN/c1-2-10-5-3-4-8-14(10,17)12-9-11(16)6-7-13(12)15/h6-7,9-10H,2-5,8,17H2,1H3. The van der Waals surface area contributed by atoms with Crippen LogP contribution in [0.15, 0.2) is 18.2 Å². The first kappa shape index (κ1) is 12.8. The summed E-state index contributed by atoms with van der Waals surface area (Å²) in [6.07, 6.45) is 5.34. The van der Waals surface area contributed by atoms with Crippen LogP contribution < -0.4 is 5.73 Å². The van der Waals surface area contributed by atoms with Gasteiger partial charge in [-0.15, -0.1) is 0 Å². The summed E-state index contributed by atoms with van der Waals surface area (Å²) in [6.45, 7) is 2.14. The van der Waals surface area contributed by atoms with Crippen molar-refractivity contribution in [2.24, 2.45) is 11.7 Å². The van der Waals surface area contributed by atoms with Gasteiger partial charge in [0.1, 0.15) is 5.82 Å². The summed E-state index contributed by atoms with van der Waals surface area (Å²) in [5, 5.41) is 0.592. The fourth-order valence-corrected chi connectivity index (χ4v) is 3.34. The van der Waals surface area contributed by atoms with E-state index in [1.54, 1.807) is 6.07 Å². The zero-order valence-electron chi connectivity index (χ0n) is 10.2. The summed E-state index contributed by atoms with van der Waals surface area (Å²) in [7, 11) is 0. The number of rotatable bonds is 2. The molecule has 1 aliphatic rings. The Bertz CT molecular complexity index is 407. The minimum Gasteiger partial charge on any atom is -0.321 e. The minimum atomic E-state index is -0.452. The fraction of sp³-hybridized carbons (Fsp3) is 0.571. The van der Waals surface area contributed by atoms with Crippen LogP contribution in [0.1, 0.15) is 44.6 Å². The quantitative estimate of drug-likeness (QED) is 0.841. The molecule has 0 radical (unpaired) electrons. The van der Waals surface area contributed by atoms with Crippen LogP contribution in [0.2, 0.25) is 5.02 Å². The van der Waals surface area contributed by atoms with E-state index in [-0.39, 0.29) is 5.82 Å². The average Bonchev–Trinajstić information content (AvgIpc) is 2.33. The molecule has 0 spiro atoms. The summed E-state index contributed by atoms with van der Waals surface area (Å²) in [5.41, 5.74) is 6.88. The van der Waals surface area contributed by atoms with Crippen molar-refractivity contribution >= 4 is 11.6 Å². The van der Waals surface area contributed by atoms with E-state index >= 15 is 0 Å². The molecule has 17 heavy (non-hydrogen) atoms. The summed E-state index contributed by atoms with van der Waals surface area (Å²) >= 11 is 6.19. The zero-order chi connectivity index (χ0) is 12.5. The third-order valence-electron chi connectivity index (χ3n) is 4.04. The topological polar surface area (TPSA) is 26.0 Å². The Hall–Kier alpha value is -0.600. The average molecular weight is 256 g/mol. The SMILES string of the molecule is CCC1CCCCC1(N)c1cc(F)ccc1Cl. The van der Waals surface area contributed by atoms with Crippen molar-refractivity contribution in [3.05, 3.63) is 34.6 Å². The van der Waals surface area contributed by atoms with E-state index in [4.69, 9.17) is 17.3 Å². The smallest absolute Gasteiger partial charge is 0.123 e. The van der Waals surface area contributed by atoms with E-state index < -0.39 is 5.54 Å². The largest absolute Gasteiger partial charge is 0.321 e. The molecule has 1 aromatic carbocycles. The van der Waals surface area contributed by atoms with Crippen molar-refractivity contribution < 1.29 is 4.39 Å². The Labute approximate surface area is 107 Å². The van der Waals surface area contributed by atoms with Crippen molar-refractivity contribution in [1.82, 2.24) is 0 Å². The highest BCUT2D eigenvalue weighted by molar-refractivity contribution is 6.31. The van der Waals surface area contributed by atoms with Gasteiger partial charge in [-0.25, -0.2) is 4.39 Å². The molecule has 94 valence electrons. The lowest BCUT2D eigenvalue weighted by Crippen LogP contribution is -2.46. The first-order chi connectivity index (χ1) is 8.08. The predicted octanol–water partition coefficient (Wildman–Crippen LogP) is 4.23. The third-order valence-corrected chi connectivity index (χ3v) is 4.37. The first-order valence-corrected chi connectivity index (χ1v) is 6.70. The van der Waals surface area contributed by atoms with Crippen LogP contribution in [0.5, 0.6) is 0 Å². The molecular weight excluding hydrogens is 237 g/mol. The summed E-state index contributed by atoms with van der Waals surface area (Å²) in [5.74, 6) is 0.144. The highest BCUT2D eigenvalue weighted by Crippen LogP contribution is 2.43. The number of halogens is 2. The highest BCUT2D eigenvalue weighted by Gasteiger charge is 2.39. The van der Waals surface area contributed by atoms with Crippen LogP contribution in [-0.2, 0) is 5.54 Å². The summed E-state index contributed by atoms with van der Waals surface area (Å²) in [6, 6.07) is 4.51. The molecule has 0 heterocycles. The molecule has 0 aliphatic heterocycles. The number of hydrogen-bond acceptors (Lipinski definition) is 1. The second-order valence-electron chi connectivity index (χ2n) is 5.02. The Morgan fingerprint density at radius 2 is 2.24 bits per heavy atom. The molecule has 1 aromatic rings. The third kappa shape index (κ3) is 2.34. The van der Waals surface area contributed by atoms with Crippen molar-refractivity contribution in [1.29, 1.82) is 0 Å². The molecule has 2 atom stereocenters. The second-order valence-corrected chi connectivity index (χ2v) is 5.42. The van der Waals surface area contributed by atoms with Crippen molar-refractivity contribution in [3.8, 4) is 0 Å². The Kier molecular flexibility index (Phi) is 3.74. The Morgan fingerprint density at radius 3 is 2.94 bits per heavy atom. The van der Waals surface area contributed by atoms with E-state index in [1.165, 1.54) is 18.6 Å². The van der Waals surface area contributed by atoms with Gasteiger partial charge in [0.25, 0.3) is 0 Å². The molecule has 2 N–H and O–H groups in total. The molecule has 1 fully saturated rings. The molecule has 0 saturated heterocycles. The minimum absolute atomic E-state index is 0.255. The molecule has 1 aliphatic carbocycles. The van der Waals surface area contributed by atoms with Gasteiger partial charge in [0.2, 0.25) is 0 Å². The molecule has 0 bridgehead atoms. The van der Waals surface area contributed by atoms with Gasteiger partial charge in [-0.3, -0.25) is 0 Å². The molecule has 3 heteroatoms. The summed E-state index contributed by atoms with van der Waals surface area (Å²) < 4.78 is 13.4. The van der Waals surface area contributed by atoms with Crippen LogP contribution in [0.4, 0.5) is 4.39 Å². The van der Waals surface area contributed by atoms with Crippen LogP contribution in [0, 0.1) is 11.7 Å². The van der Waals surface area contributed by atoms with Crippen LogP contribution >= 0.6 is 11.6 Å². The molecule has 1 nitrogen and oxygen atoms in total. The van der Waals surface area contributed by atoms with Crippen molar-refractivity contribution in [2.45, 2.75) is 44.6 Å². The van der Waals surface area contributed by atoms with Gasteiger partial charge < -0.3 is 5.73 Å². The fourth-order valence-electron chi connectivity index (χ4n) is 3.05. The number of hydrogen-bond donors (Lipinski definition) is 1. The second kappa shape index (κ2) is 4.95. The van der Waals surface area contributed by atoms with Gasteiger partial charge in [-0.2, -0.15) is 0 Å². The first-order valence-electron chi connectivity index (χ1n) is 6.32. The lowest BCUT2D eigenvalue weighted by atomic mass is 9.68. The summed E-state index contributed by atoms with van der Waals surface area (Å²) in [4.78, 5) is 0. The van der Waals surface area contributed by atoms with Gasteiger partial charge in [0.05, 0.1) is 0 Å². The van der Waals surface area contributed by atoms with Crippen molar-refractivity contribution in [3.63, 3.8) is 0 Å². The lowest BCUT2D eigenvalue weighted by Gasteiger charge is -2.42. The monoisotopic (exact) mass is 255 g/mol. The molecule has 2 unspecified atom stereocenters. The van der Waals surface area contributed by atoms with Gasteiger partial charge in [0, 0.05) is 10.6 Å². The Balaban J connectivity index is 2.44. The predicted molar refractivity (Wildman–Crippen MR) is 69.5 cm³/mol. The number of benzene rings is 1. The molecule has 1 saturated carbocycles. The van der Waals surface area contributed by atoms with Crippen LogP contribution in [0.3, 0.4) is 0 Å². The van der Waals surface area contributed by atoms with E-state index in [0.29, 0.717) is 10.9 Å². The van der Waals surface area contributed by atoms with Gasteiger partial charge >= 0.3 is 0 Å². The van der Waals surface area contributed by atoms with E-state index in [1.807, 2.05) is 0 Å². The number of nitrogens with two attached hydrogens (primary N) is 1. The van der Waals surface area contributed by atoms with Gasteiger partial charge in [-0.1, -0.05) is 37.8 Å². The molecule has 2 rings (SSSR count). The van der Waals surface area contributed by atoms with Gasteiger partial charge in [-0.05, 0) is 42.5 Å². The molecular formula is C14H19ClFN.